The van der Waals surface area contributed by atoms with Crippen LogP contribution in [0.4, 0.5) is 0 Å². The van der Waals surface area contributed by atoms with Crippen molar-refractivity contribution in [2.24, 2.45) is 0 Å². The molecule has 1 rings (SSSR count). The summed E-state index contributed by atoms with van der Waals surface area (Å²) in [6, 6.07) is 0.122. The van der Waals surface area contributed by atoms with Crippen molar-refractivity contribution in [3.63, 3.8) is 0 Å². The van der Waals surface area contributed by atoms with Crippen molar-refractivity contribution in [2.45, 2.75) is 45.3 Å². The minimum Gasteiger partial charge on any atom is -0.480 e. The van der Waals surface area contributed by atoms with Crippen molar-refractivity contribution in [3.8, 4) is 0 Å². The van der Waals surface area contributed by atoms with Crippen LogP contribution in [0.3, 0.4) is 0 Å². The van der Waals surface area contributed by atoms with Crippen LogP contribution >= 0.6 is 0 Å². The van der Waals surface area contributed by atoms with Gasteiger partial charge in [0, 0.05) is 12.6 Å². The van der Waals surface area contributed by atoms with E-state index in [0.717, 1.165) is 0 Å². The number of aliphatic carboxylic acids is 1. The summed E-state index contributed by atoms with van der Waals surface area (Å²) in [5.74, 6) is -0.846. The number of carbonyl (C=O) groups is 1. The molecule has 1 aromatic heterocycles. The lowest BCUT2D eigenvalue weighted by atomic mass is 9.97. The Hall–Kier alpha value is -1.43. The van der Waals surface area contributed by atoms with Crippen molar-refractivity contribution in [3.05, 3.63) is 12.7 Å². The quantitative estimate of drug-likeness (QED) is 0.738. The predicted molar refractivity (Wildman–Crippen MR) is 59.0 cm³/mol. The van der Waals surface area contributed by atoms with Gasteiger partial charge in [0.25, 0.3) is 0 Å². The highest BCUT2D eigenvalue weighted by atomic mass is 16.4. The van der Waals surface area contributed by atoms with Crippen LogP contribution in [0.1, 0.15) is 27.2 Å². The largest absolute Gasteiger partial charge is 0.480 e. The number of carboxylic acids is 1. The van der Waals surface area contributed by atoms with E-state index in [1.807, 2.05) is 13.8 Å². The maximum absolute atomic E-state index is 11.2. The number of hydrogen-bond acceptors (Lipinski definition) is 4. The Bertz CT molecular complexity index is 337. The molecule has 0 aromatic carbocycles. The highest BCUT2D eigenvalue weighted by molar-refractivity contribution is 5.78. The van der Waals surface area contributed by atoms with E-state index in [-0.39, 0.29) is 6.04 Å². The number of aryl methyl sites for hydroxylation is 1. The van der Waals surface area contributed by atoms with E-state index in [2.05, 4.69) is 15.4 Å². The molecule has 16 heavy (non-hydrogen) atoms. The van der Waals surface area contributed by atoms with Crippen LogP contribution in [0.25, 0.3) is 0 Å². The molecule has 0 fully saturated rings. The van der Waals surface area contributed by atoms with Gasteiger partial charge in [0.1, 0.15) is 18.2 Å². The summed E-state index contributed by atoms with van der Waals surface area (Å²) in [7, 11) is 0. The van der Waals surface area contributed by atoms with E-state index in [1.54, 1.807) is 17.9 Å². The third-order valence-corrected chi connectivity index (χ3v) is 2.39. The third-order valence-electron chi connectivity index (χ3n) is 2.39. The number of carboxylic acid groups (broad SMARTS) is 1. The predicted octanol–water partition coefficient (Wildman–Crippen LogP) is 0.510. The lowest BCUT2D eigenvalue weighted by Gasteiger charge is -2.28. The molecular weight excluding hydrogens is 208 g/mol. The Kier molecular flexibility index (Phi) is 4.00. The second-order valence-electron chi connectivity index (χ2n) is 4.34. The fraction of sp³-hybridized carbons (Fsp3) is 0.700. The van der Waals surface area contributed by atoms with Gasteiger partial charge in [-0.05, 0) is 27.2 Å². The smallest absolute Gasteiger partial charge is 0.323 e. The molecule has 0 saturated heterocycles. The van der Waals surface area contributed by atoms with Gasteiger partial charge in [0.2, 0.25) is 0 Å². The average Bonchev–Trinajstić information content (AvgIpc) is 2.65. The zero-order chi connectivity index (χ0) is 12.2. The van der Waals surface area contributed by atoms with Gasteiger partial charge in [-0.15, -0.1) is 0 Å². The van der Waals surface area contributed by atoms with Gasteiger partial charge in [-0.25, -0.2) is 4.98 Å². The molecule has 1 aromatic rings. The summed E-state index contributed by atoms with van der Waals surface area (Å²) in [5.41, 5.74) is -0.930. The van der Waals surface area contributed by atoms with Crippen molar-refractivity contribution in [1.29, 1.82) is 0 Å². The lowest BCUT2D eigenvalue weighted by molar-refractivity contribution is -0.144. The molecule has 1 atom stereocenters. The summed E-state index contributed by atoms with van der Waals surface area (Å²) < 4.78 is 1.63. The van der Waals surface area contributed by atoms with Crippen LogP contribution in [0, 0.1) is 0 Å². The van der Waals surface area contributed by atoms with Gasteiger partial charge in [-0.1, -0.05) is 0 Å². The van der Waals surface area contributed by atoms with Crippen LogP contribution in [-0.4, -0.2) is 37.4 Å². The van der Waals surface area contributed by atoms with Gasteiger partial charge >= 0.3 is 5.97 Å². The lowest BCUT2D eigenvalue weighted by Crippen LogP contribution is -2.52. The Morgan fingerprint density at radius 2 is 2.31 bits per heavy atom. The SMILES string of the molecule is CC(C)NC(C)(CCn1cncn1)C(=O)O. The summed E-state index contributed by atoms with van der Waals surface area (Å²) in [4.78, 5) is 15.0. The molecule has 0 spiro atoms. The Morgan fingerprint density at radius 3 is 2.75 bits per heavy atom. The molecule has 6 nitrogen and oxygen atoms in total. The first-order valence-electron chi connectivity index (χ1n) is 5.27. The van der Waals surface area contributed by atoms with Crippen LogP contribution in [0.15, 0.2) is 12.7 Å². The molecule has 0 saturated carbocycles. The van der Waals surface area contributed by atoms with Gasteiger partial charge in [0.15, 0.2) is 0 Å². The molecule has 0 amide bonds. The van der Waals surface area contributed by atoms with E-state index in [0.29, 0.717) is 13.0 Å². The Morgan fingerprint density at radius 1 is 1.62 bits per heavy atom. The number of hydrogen-bond donors (Lipinski definition) is 2. The average molecular weight is 226 g/mol. The molecular formula is C10H18N4O2. The van der Waals surface area contributed by atoms with E-state index >= 15 is 0 Å². The fourth-order valence-corrected chi connectivity index (χ4v) is 1.56. The van der Waals surface area contributed by atoms with Crippen molar-refractivity contribution < 1.29 is 9.90 Å². The first-order valence-corrected chi connectivity index (χ1v) is 5.27. The standard InChI is InChI=1S/C10H18N4O2/c1-8(2)13-10(3,9(15)16)4-5-14-7-11-6-12-14/h6-8,13H,4-5H2,1-3H3,(H,15,16). The zero-order valence-corrected chi connectivity index (χ0v) is 9.84. The van der Waals surface area contributed by atoms with Crippen LogP contribution < -0.4 is 5.32 Å². The molecule has 0 aliphatic heterocycles. The highest BCUT2D eigenvalue weighted by Gasteiger charge is 2.33. The number of nitrogens with one attached hydrogen (secondary N) is 1. The van der Waals surface area contributed by atoms with Gasteiger partial charge < -0.3 is 5.11 Å². The van der Waals surface area contributed by atoms with Gasteiger partial charge in [-0.2, -0.15) is 5.10 Å². The molecule has 0 bridgehead atoms. The highest BCUT2D eigenvalue weighted by Crippen LogP contribution is 2.12. The van der Waals surface area contributed by atoms with Gasteiger partial charge in [0.05, 0.1) is 0 Å². The first-order chi connectivity index (χ1) is 7.44. The summed E-state index contributed by atoms with van der Waals surface area (Å²) >= 11 is 0. The summed E-state index contributed by atoms with van der Waals surface area (Å²) in [6.07, 6.45) is 3.48. The topological polar surface area (TPSA) is 80.0 Å². The van der Waals surface area contributed by atoms with Crippen molar-refractivity contribution in [1.82, 2.24) is 20.1 Å². The van der Waals surface area contributed by atoms with Crippen molar-refractivity contribution >= 4 is 5.97 Å². The van der Waals surface area contributed by atoms with E-state index < -0.39 is 11.5 Å². The second-order valence-corrected chi connectivity index (χ2v) is 4.34. The van der Waals surface area contributed by atoms with E-state index in [9.17, 15) is 9.90 Å². The maximum atomic E-state index is 11.2. The molecule has 0 aliphatic carbocycles. The normalized spacial score (nSPS) is 15.0. The first kappa shape index (κ1) is 12.6. The molecule has 2 N–H and O–H groups in total. The van der Waals surface area contributed by atoms with Crippen LogP contribution in [-0.2, 0) is 11.3 Å². The van der Waals surface area contributed by atoms with Crippen LogP contribution in [0.5, 0.6) is 0 Å². The third kappa shape index (κ3) is 3.30. The monoisotopic (exact) mass is 226 g/mol. The summed E-state index contributed by atoms with van der Waals surface area (Å²) in [5, 5.41) is 16.2. The minimum atomic E-state index is -0.930. The van der Waals surface area contributed by atoms with Gasteiger partial charge in [-0.3, -0.25) is 14.8 Å². The van der Waals surface area contributed by atoms with E-state index in [1.165, 1.54) is 6.33 Å². The molecule has 90 valence electrons. The molecule has 1 unspecified atom stereocenters. The molecule has 6 heteroatoms. The molecule has 0 radical (unpaired) electrons. The molecule has 1 heterocycles. The fourth-order valence-electron chi connectivity index (χ4n) is 1.56. The van der Waals surface area contributed by atoms with Crippen LogP contribution in [0.2, 0.25) is 0 Å². The number of nitrogens with zero attached hydrogens (tertiary/aromatic N) is 3. The van der Waals surface area contributed by atoms with E-state index in [4.69, 9.17) is 0 Å². The number of aromatic nitrogens is 3. The summed E-state index contributed by atoms with van der Waals surface area (Å²) in [6.45, 7) is 6.07. The number of rotatable bonds is 6. The van der Waals surface area contributed by atoms with Crippen molar-refractivity contribution in [2.75, 3.05) is 0 Å². The Balaban J connectivity index is 2.61. The second kappa shape index (κ2) is 5.07. The minimum absolute atomic E-state index is 0.122. The Labute approximate surface area is 94.7 Å². The zero-order valence-electron chi connectivity index (χ0n) is 9.84. The maximum Gasteiger partial charge on any atom is 0.323 e. The molecule has 0 aliphatic rings.